The number of amides is 1. The lowest BCUT2D eigenvalue weighted by molar-refractivity contribution is -0.113. The number of nitrogens with one attached hydrogen (secondary N) is 1. The molecule has 3 aromatic carbocycles. The van der Waals surface area contributed by atoms with E-state index < -0.39 is 0 Å². The number of nitrogens with zero attached hydrogens (tertiary/aromatic N) is 2. The second-order valence-electron chi connectivity index (χ2n) is 7.15. The molecule has 1 amide bonds. The van der Waals surface area contributed by atoms with E-state index in [2.05, 4.69) is 10.3 Å². The molecule has 1 aromatic heterocycles. The molecule has 0 aliphatic carbocycles. The van der Waals surface area contributed by atoms with E-state index in [0.29, 0.717) is 44.7 Å². The Bertz CT molecular complexity index is 1390. The highest BCUT2D eigenvalue weighted by Gasteiger charge is 2.16. The van der Waals surface area contributed by atoms with E-state index in [-0.39, 0.29) is 17.2 Å². The molecule has 1 N–H and O–H groups in total. The van der Waals surface area contributed by atoms with Crippen LogP contribution in [0.25, 0.3) is 16.6 Å². The lowest BCUT2D eigenvalue weighted by Crippen LogP contribution is -2.23. The number of ether oxygens (including phenoxy) is 3. The highest BCUT2D eigenvalue weighted by Crippen LogP contribution is 2.29. The average molecular weight is 478 g/mol. The maximum Gasteiger partial charge on any atom is 0.266 e. The topological polar surface area (TPSA) is 91.7 Å². The maximum absolute atomic E-state index is 13.3. The number of para-hydroxylation sites is 1. The van der Waals surface area contributed by atoms with Crippen LogP contribution in [-0.4, -0.2) is 42.5 Å². The fraction of sp³-hybridized carbons (Fsp3) is 0.160. The number of anilines is 1. The summed E-state index contributed by atoms with van der Waals surface area (Å²) < 4.78 is 17.3. The minimum atomic E-state index is -0.267. The van der Waals surface area contributed by atoms with Gasteiger partial charge < -0.3 is 19.5 Å². The lowest BCUT2D eigenvalue weighted by Gasteiger charge is -2.14. The molecule has 34 heavy (non-hydrogen) atoms. The van der Waals surface area contributed by atoms with Gasteiger partial charge in [-0.05, 0) is 48.5 Å². The summed E-state index contributed by atoms with van der Waals surface area (Å²) >= 11 is 1.17. The highest BCUT2D eigenvalue weighted by atomic mass is 32.2. The second-order valence-corrected chi connectivity index (χ2v) is 8.10. The van der Waals surface area contributed by atoms with Crippen LogP contribution in [0.4, 0.5) is 5.69 Å². The minimum Gasteiger partial charge on any atom is -0.497 e. The standard InChI is InChI=1S/C25H23N3O5S/c1-31-17-10-8-16(9-11-17)28-24(30)19-6-4-5-7-20(19)27-25(28)34-15-23(29)26-21-13-12-18(32-2)14-22(21)33-3/h4-14H,15H2,1-3H3,(H,26,29). The predicted octanol–water partition coefficient (Wildman–Crippen LogP) is 4.14. The first-order chi connectivity index (χ1) is 16.5. The number of hydrogen-bond donors (Lipinski definition) is 1. The van der Waals surface area contributed by atoms with Gasteiger partial charge in [-0.25, -0.2) is 4.98 Å². The van der Waals surface area contributed by atoms with Crippen LogP contribution in [0.3, 0.4) is 0 Å². The summed E-state index contributed by atoms with van der Waals surface area (Å²) in [4.78, 5) is 30.7. The van der Waals surface area contributed by atoms with Crippen molar-refractivity contribution < 1.29 is 19.0 Å². The molecule has 9 heteroatoms. The number of aromatic nitrogens is 2. The summed E-state index contributed by atoms with van der Waals surface area (Å²) in [6, 6.07) is 19.4. The first-order valence-electron chi connectivity index (χ1n) is 10.3. The van der Waals surface area contributed by atoms with E-state index in [0.717, 1.165) is 0 Å². The predicted molar refractivity (Wildman–Crippen MR) is 133 cm³/mol. The molecule has 174 valence electrons. The van der Waals surface area contributed by atoms with Crippen LogP contribution < -0.4 is 25.1 Å². The van der Waals surface area contributed by atoms with Crippen LogP contribution in [0, 0.1) is 0 Å². The van der Waals surface area contributed by atoms with Crippen molar-refractivity contribution in [1.82, 2.24) is 9.55 Å². The van der Waals surface area contributed by atoms with Crippen LogP contribution in [0.5, 0.6) is 17.2 Å². The number of carbonyl (C=O) groups is 1. The molecular weight excluding hydrogens is 454 g/mol. The Morgan fingerprint density at radius 1 is 0.941 bits per heavy atom. The van der Waals surface area contributed by atoms with Gasteiger partial charge >= 0.3 is 0 Å². The number of hydrogen-bond acceptors (Lipinski definition) is 7. The number of fused-ring (bicyclic) bond motifs is 1. The third-order valence-electron chi connectivity index (χ3n) is 5.09. The molecule has 0 saturated carbocycles. The summed E-state index contributed by atoms with van der Waals surface area (Å²) in [6.45, 7) is 0. The fourth-order valence-corrected chi connectivity index (χ4v) is 4.20. The largest absolute Gasteiger partial charge is 0.497 e. The highest BCUT2D eigenvalue weighted by molar-refractivity contribution is 7.99. The first kappa shape index (κ1) is 23.2. The van der Waals surface area contributed by atoms with Gasteiger partial charge in [-0.15, -0.1) is 0 Å². The van der Waals surface area contributed by atoms with Crippen LogP contribution in [0.15, 0.2) is 76.7 Å². The smallest absolute Gasteiger partial charge is 0.266 e. The van der Waals surface area contributed by atoms with Gasteiger partial charge in [-0.2, -0.15) is 0 Å². The van der Waals surface area contributed by atoms with Crippen LogP contribution in [-0.2, 0) is 4.79 Å². The SMILES string of the molecule is COc1ccc(-n2c(SCC(=O)Nc3ccc(OC)cc3OC)nc3ccccc3c2=O)cc1. The monoisotopic (exact) mass is 477 g/mol. The molecule has 0 bridgehead atoms. The van der Waals surface area contributed by atoms with Gasteiger partial charge in [0.2, 0.25) is 5.91 Å². The molecular formula is C25H23N3O5S. The average Bonchev–Trinajstić information content (AvgIpc) is 2.88. The Hall–Kier alpha value is -3.98. The van der Waals surface area contributed by atoms with Crippen molar-refractivity contribution in [2.45, 2.75) is 5.16 Å². The van der Waals surface area contributed by atoms with Crippen molar-refractivity contribution in [3.05, 3.63) is 77.1 Å². The van der Waals surface area contributed by atoms with Crippen molar-refractivity contribution >= 4 is 34.3 Å². The van der Waals surface area contributed by atoms with Gasteiger partial charge in [0.15, 0.2) is 5.16 Å². The number of methoxy groups -OCH3 is 3. The summed E-state index contributed by atoms with van der Waals surface area (Å²) in [5.41, 5.74) is 1.50. The molecule has 0 unspecified atom stereocenters. The molecule has 0 atom stereocenters. The molecule has 4 aromatic rings. The Morgan fingerprint density at radius 3 is 2.35 bits per heavy atom. The van der Waals surface area contributed by atoms with E-state index in [1.807, 2.05) is 6.07 Å². The summed E-state index contributed by atoms with van der Waals surface area (Å²) in [5.74, 6) is 1.55. The molecule has 0 aliphatic rings. The molecule has 8 nitrogen and oxygen atoms in total. The number of rotatable bonds is 8. The lowest BCUT2D eigenvalue weighted by atomic mass is 10.2. The quantitative estimate of drug-likeness (QED) is 0.301. The van der Waals surface area contributed by atoms with Crippen molar-refractivity contribution in [3.63, 3.8) is 0 Å². The summed E-state index contributed by atoms with van der Waals surface area (Å²) in [6.07, 6.45) is 0. The van der Waals surface area contributed by atoms with Gasteiger partial charge in [-0.1, -0.05) is 23.9 Å². The van der Waals surface area contributed by atoms with Crippen molar-refractivity contribution in [2.24, 2.45) is 0 Å². The van der Waals surface area contributed by atoms with Gasteiger partial charge in [0, 0.05) is 6.07 Å². The zero-order chi connectivity index (χ0) is 24.1. The van der Waals surface area contributed by atoms with Crippen LogP contribution in [0.1, 0.15) is 0 Å². The molecule has 1 heterocycles. The first-order valence-corrected chi connectivity index (χ1v) is 11.3. The van der Waals surface area contributed by atoms with E-state index in [4.69, 9.17) is 14.2 Å². The Kier molecular flexibility index (Phi) is 7.03. The molecule has 0 aliphatic heterocycles. The number of carbonyl (C=O) groups excluding carboxylic acids is 1. The third-order valence-corrected chi connectivity index (χ3v) is 6.03. The molecule has 0 spiro atoms. The molecule has 0 fully saturated rings. The van der Waals surface area contributed by atoms with Crippen molar-refractivity contribution in [1.29, 1.82) is 0 Å². The van der Waals surface area contributed by atoms with Gasteiger partial charge in [0.25, 0.3) is 5.56 Å². The van der Waals surface area contributed by atoms with Crippen molar-refractivity contribution in [2.75, 3.05) is 32.4 Å². The normalized spacial score (nSPS) is 10.7. The second kappa shape index (κ2) is 10.3. The van der Waals surface area contributed by atoms with E-state index >= 15 is 0 Å². The summed E-state index contributed by atoms with van der Waals surface area (Å²) in [5, 5.41) is 3.74. The van der Waals surface area contributed by atoms with Crippen LogP contribution >= 0.6 is 11.8 Å². The third kappa shape index (κ3) is 4.84. The Morgan fingerprint density at radius 2 is 1.65 bits per heavy atom. The fourth-order valence-electron chi connectivity index (χ4n) is 3.39. The zero-order valence-corrected chi connectivity index (χ0v) is 19.7. The van der Waals surface area contributed by atoms with E-state index in [1.165, 1.54) is 23.4 Å². The Balaban J connectivity index is 1.63. The minimum absolute atomic E-state index is 0.0378. The Labute approximate surface area is 200 Å². The van der Waals surface area contributed by atoms with Gasteiger partial charge in [0.1, 0.15) is 17.2 Å². The van der Waals surface area contributed by atoms with Crippen molar-refractivity contribution in [3.8, 4) is 22.9 Å². The number of benzene rings is 3. The number of thioether (sulfide) groups is 1. The van der Waals surface area contributed by atoms with Crippen LogP contribution in [0.2, 0.25) is 0 Å². The molecule has 0 radical (unpaired) electrons. The molecule has 4 rings (SSSR count). The van der Waals surface area contributed by atoms with Gasteiger partial charge in [0.05, 0.1) is 49.4 Å². The maximum atomic E-state index is 13.3. The van der Waals surface area contributed by atoms with E-state index in [1.54, 1.807) is 74.9 Å². The molecule has 0 saturated heterocycles. The van der Waals surface area contributed by atoms with E-state index in [9.17, 15) is 9.59 Å². The van der Waals surface area contributed by atoms with Gasteiger partial charge in [-0.3, -0.25) is 14.2 Å². The zero-order valence-electron chi connectivity index (χ0n) is 18.9. The summed E-state index contributed by atoms with van der Waals surface area (Å²) in [7, 11) is 4.66.